The zero-order valence-electron chi connectivity index (χ0n) is 23.3. The Kier molecular flexibility index (Phi) is 3.92. The molecule has 0 saturated carbocycles. The van der Waals surface area contributed by atoms with E-state index in [-0.39, 0.29) is 0 Å². The first-order chi connectivity index (χ1) is 20.7. The summed E-state index contributed by atoms with van der Waals surface area (Å²) >= 11 is 0. The van der Waals surface area contributed by atoms with Crippen molar-refractivity contribution in [1.82, 2.24) is 19.9 Å². The number of rotatable bonds is 0. The first kappa shape index (κ1) is 19.6. The molecule has 2 aliphatic rings. The number of fused-ring (bicyclic) bond motifs is 20. The van der Waals surface area contributed by atoms with E-state index in [1.54, 1.807) is 0 Å². The van der Waals surface area contributed by atoms with Gasteiger partial charge in [0, 0.05) is 65.9 Å². The topological polar surface area (TPSA) is 57.4 Å². The van der Waals surface area contributed by atoms with Crippen molar-refractivity contribution in [3.8, 4) is 45.0 Å². The lowest BCUT2D eigenvalue weighted by Crippen LogP contribution is -1.75. The number of aromatic amines is 2. The molecular weight excluding hydrogens is 488 g/mol. The minimum absolute atomic E-state index is 0.762. The molecule has 186 valence electrons. The van der Waals surface area contributed by atoms with E-state index in [9.17, 15) is 2.82 Å². The molecule has 7 aromatic rings. The van der Waals surface area contributed by atoms with Crippen LogP contribution >= 0.6 is 0 Å². The molecule has 5 heterocycles. The third-order valence-electron chi connectivity index (χ3n) is 7.97. The van der Waals surface area contributed by atoms with Crippen LogP contribution in [0.3, 0.4) is 0 Å². The lowest BCUT2D eigenvalue weighted by Gasteiger charge is -1.97. The second-order valence-electron chi connectivity index (χ2n) is 10.3. The van der Waals surface area contributed by atoms with Gasteiger partial charge in [-0.1, -0.05) is 97.1 Å². The average molecular weight is 513 g/mol. The lowest BCUT2D eigenvalue weighted by molar-refractivity contribution is 1.40. The average Bonchev–Trinajstić information content (AvgIpc) is 3.71. The number of H-pyrrole nitrogens is 2. The standard InChI is InChI=1S/C36H22N4/c1-2-10-22-21(9-1)29-17-31-23-11-3-4-12-24(23)33(38-31)19-35-27-15-7-8-16-28(27)36(40-35)20-34-26-14-6-5-13-25(26)32(39-34)18-30(22)37-29/h1-20,37,40H/i/hD2. The monoisotopic (exact) mass is 512 g/mol. The van der Waals surface area contributed by atoms with Crippen LogP contribution in [-0.2, 0) is 0 Å². The highest BCUT2D eigenvalue weighted by Crippen LogP contribution is 2.40. The predicted octanol–water partition coefficient (Wildman–Crippen LogP) is 9.29. The van der Waals surface area contributed by atoms with E-state index < -0.39 is 0 Å². The molecule has 0 atom stereocenters. The van der Waals surface area contributed by atoms with Crippen LogP contribution in [0.4, 0.5) is 0 Å². The van der Waals surface area contributed by atoms with Crippen LogP contribution in [0.2, 0.25) is 2.82 Å². The molecule has 9 rings (SSSR count). The molecule has 4 aromatic carbocycles. The van der Waals surface area contributed by atoms with Gasteiger partial charge in [-0.25, -0.2) is 9.97 Å². The summed E-state index contributed by atoms with van der Waals surface area (Å²) in [5.41, 5.74) is 10.3. The lowest BCUT2D eigenvalue weighted by atomic mass is 10.0. The van der Waals surface area contributed by atoms with Crippen LogP contribution < -0.4 is 0 Å². The van der Waals surface area contributed by atoms with E-state index in [0.29, 0.717) is 0 Å². The van der Waals surface area contributed by atoms with Gasteiger partial charge in [-0.15, -0.1) is 0 Å². The number of benzene rings is 4. The number of nitrogens with zero attached hydrogens (tertiary/aromatic N) is 2. The largest absolute Gasteiger partial charge is 0.354 e. The van der Waals surface area contributed by atoms with Crippen molar-refractivity contribution in [1.29, 1.82) is 0 Å². The first-order valence-corrected chi connectivity index (χ1v) is 13.4. The van der Waals surface area contributed by atoms with Gasteiger partial charge in [0.25, 0.3) is 0 Å². The second-order valence-corrected chi connectivity index (χ2v) is 10.3. The van der Waals surface area contributed by atoms with E-state index in [1.165, 1.54) is 9.95 Å². The van der Waals surface area contributed by atoms with Crippen LogP contribution in [0.5, 0.6) is 0 Å². The highest BCUT2D eigenvalue weighted by Gasteiger charge is 2.19. The predicted molar refractivity (Wildman–Crippen MR) is 165 cm³/mol. The molecule has 4 nitrogen and oxygen atoms in total. The number of nitrogens with one attached hydrogen (secondary N) is 2. The van der Waals surface area contributed by atoms with Crippen LogP contribution in [0.1, 0.15) is 0 Å². The molecule has 0 spiro atoms. The highest BCUT2D eigenvalue weighted by molar-refractivity contribution is 6.10. The zero-order valence-corrected chi connectivity index (χ0v) is 21.3. The number of hydrogen-bond acceptors (Lipinski definition) is 2. The summed E-state index contributed by atoms with van der Waals surface area (Å²) in [6.45, 7) is 0. The molecular formula is C36H22N4. The summed E-state index contributed by atoms with van der Waals surface area (Å²) < 4.78 is 18.5. The summed E-state index contributed by atoms with van der Waals surface area (Å²) in [7, 11) is 0. The van der Waals surface area contributed by atoms with Gasteiger partial charge in [0.1, 0.15) is 0 Å². The fourth-order valence-electron chi connectivity index (χ4n) is 6.12. The van der Waals surface area contributed by atoms with Crippen molar-refractivity contribution in [2.24, 2.45) is 0 Å². The van der Waals surface area contributed by atoms with E-state index in [1.807, 2.05) is 72.8 Å². The fourth-order valence-corrected chi connectivity index (χ4v) is 6.12. The van der Waals surface area contributed by atoms with Gasteiger partial charge >= 0.3 is 0 Å². The van der Waals surface area contributed by atoms with Crippen molar-refractivity contribution < 1.29 is 2.82 Å². The van der Waals surface area contributed by atoms with Crippen LogP contribution in [0, 0.1) is 0 Å². The molecule has 40 heavy (non-hydrogen) atoms. The van der Waals surface area contributed by atoms with Crippen molar-refractivity contribution in [2.45, 2.75) is 0 Å². The van der Waals surface area contributed by atoms with Crippen molar-refractivity contribution in [3.05, 3.63) is 121 Å². The molecule has 0 unspecified atom stereocenters. The van der Waals surface area contributed by atoms with Gasteiger partial charge in [0.05, 0.1) is 22.8 Å². The molecule has 8 bridgehead atoms. The van der Waals surface area contributed by atoms with Crippen molar-refractivity contribution in [3.63, 3.8) is 0 Å². The number of aromatic nitrogens is 4. The Morgan fingerprint density at radius 2 is 0.625 bits per heavy atom. The Balaban J connectivity index is 1.55. The van der Waals surface area contributed by atoms with Gasteiger partial charge in [-0.2, -0.15) is 0 Å². The molecule has 0 amide bonds. The fraction of sp³-hybridized carbons (Fsp3) is 0. The summed E-state index contributed by atoms with van der Waals surface area (Å²) in [6.07, 6.45) is 0. The van der Waals surface area contributed by atoms with Crippen LogP contribution in [-0.4, -0.2) is 19.9 Å². The minimum Gasteiger partial charge on any atom is -0.354 e. The Hall–Kier alpha value is -5.48. The minimum atomic E-state index is 0.762. The highest BCUT2D eigenvalue weighted by atomic mass is 14.8. The number of hydrogen-bond donors (Lipinski definition) is 2. The Labute approximate surface area is 232 Å². The quantitative estimate of drug-likeness (QED) is 0.213. The van der Waals surface area contributed by atoms with Crippen LogP contribution in [0.25, 0.3) is 88.6 Å². The summed E-state index contributed by atoms with van der Waals surface area (Å²) in [5, 5.41) is 3.94. The summed E-state index contributed by atoms with van der Waals surface area (Å²) in [4.78, 5) is 13.2. The molecule has 3 aromatic heterocycles. The summed E-state index contributed by atoms with van der Waals surface area (Å²) in [5.74, 6) is 0. The van der Waals surface area contributed by atoms with E-state index in [2.05, 4.69) is 48.5 Å². The molecule has 2 N–H and O–H groups in total. The van der Waals surface area contributed by atoms with Gasteiger partial charge < -0.3 is 9.95 Å². The van der Waals surface area contributed by atoms with E-state index in [4.69, 9.17) is 9.97 Å². The van der Waals surface area contributed by atoms with Gasteiger partial charge in [0.2, 0.25) is 0 Å². The molecule has 0 fully saturated rings. The molecule has 4 heteroatoms. The Morgan fingerprint density at radius 1 is 0.375 bits per heavy atom. The van der Waals surface area contributed by atoms with Gasteiger partial charge in [-0.05, 0) is 24.3 Å². The van der Waals surface area contributed by atoms with Crippen LogP contribution in [0.15, 0.2) is 121 Å². The molecule has 0 radical (unpaired) electrons. The van der Waals surface area contributed by atoms with Crippen molar-refractivity contribution >= 4 is 43.6 Å². The third kappa shape index (κ3) is 3.07. The Bertz CT molecular complexity index is 2120. The van der Waals surface area contributed by atoms with E-state index in [0.717, 1.165) is 88.6 Å². The second kappa shape index (κ2) is 8.01. The third-order valence-corrected chi connectivity index (χ3v) is 7.97. The molecule has 0 aliphatic carbocycles. The first-order valence-electron chi connectivity index (χ1n) is 14.3. The Morgan fingerprint density at radius 3 is 0.900 bits per heavy atom. The molecule has 2 aliphatic heterocycles. The van der Waals surface area contributed by atoms with E-state index >= 15 is 0 Å². The normalized spacial score (nSPS) is 12.7. The maximum Gasteiger partial charge on any atom is 0.167 e. The SMILES string of the molecule is [2H]n1c2cc3nc(cc4c5ccccc5c(cc5nc(cc1c1ccccc12)-c1ccccc1-5)n4[2H])-c1ccccc1-3. The van der Waals surface area contributed by atoms with Gasteiger partial charge in [-0.3, -0.25) is 0 Å². The zero-order chi connectivity index (χ0) is 27.9. The maximum atomic E-state index is 9.27. The summed E-state index contributed by atoms with van der Waals surface area (Å²) in [6, 6.07) is 40.7. The maximum absolute atomic E-state index is 9.27. The molecule has 0 saturated heterocycles. The van der Waals surface area contributed by atoms with Gasteiger partial charge in [0.15, 0.2) is 2.82 Å². The van der Waals surface area contributed by atoms with Crippen molar-refractivity contribution in [2.75, 3.05) is 0 Å². The smallest absolute Gasteiger partial charge is 0.167 e.